The molecule has 122 valence electrons. The first-order valence-electron chi connectivity index (χ1n) is 7.06. The SMILES string of the molecule is CCO[Si](CCCOC(OO)C(C)O)(OCC)OCC. The van der Waals surface area contributed by atoms with Crippen LogP contribution in [-0.4, -0.2) is 58.0 Å². The van der Waals surface area contributed by atoms with Crippen LogP contribution in [0.15, 0.2) is 0 Å². The van der Waals surface area contributed by atoms with Crippen molar-refractivity contribution in [3.63, 3.8) is 0 Å². The summed E-state index contributed by atoms with van der Waals surface area (Å²) in [5, 5.41) is 17.8. The van der Waals surface area contributed by atoms with E-state index in [4.69, 9.17) is 23.3 Å². The first-order chi connectivity index (χ1) is 9.55. The molecule has 0 bridgehead atoms. The molecule has 0 aliphatic rings. The van der Waals surface area contributed by atoms with Gasteiger partial charge in [-0.15, -0.1) is 0 Å². The van der Waals surface area contributed by atoms with Crippen molar-refractivity contribution in [2.45, 2.75) is 52.6 Å². The van der Waals surface area contributed by atoms with E-state index in [2.05, 4.69) is 4.89 Å². The van der Waals surface area contributed by atoms with E-state index in [1.807, 2.05) is 20.8 Å². The third-order valence-corrected chi connectivity index (χ3v) is 5.65. The lowest BCUT2D eigenvalue weighted by molar-refractivity contribution is -0.364. The molecule has 0 aliphatic heterocycles. The monoisotopic (exact) mass is 312 g/mol. The fourth-order valence-corrected chi connectivity index (χ4v) is 4.33. The van der Waals surface area contributed by atoms with Gasteiger partial charge in [0.2, 0.25) is 6.29 Å². The van der Waals surface area contributed by atoms with E-state index in [0.717, 1.165) is 0 Å². The maximum absolute atomic E-state index is 9.25. The highest BCUT2D eigenvalue weighted by Gasteiger charge is 2.39. The normalized spacial score (nSPS) is 15.3. The van der Waals surface area contributed by atoms with Crippen LogP contribution < -0.4 is 0 Å². The Balaban J connectivity index is 4.24. The van der Waals surface area contributed by atoms with E-state index in [0.29, 0.717) is 38.9 Å². The van der Waals surface area contributed by atoms with Gasteiger partial charge >= 0.3 is 8.80 Å². The van der Waals surface area contributed by atoms with Crippen molar-refractivity contribution < 1.29 is 33.3 Å². The fraction of sp³-hybridized carbons (Fsp3) is 1.00. The highest BCUT2D eigenvalue weighted by molar-refractivity contribution is 6.60. The van der Waals surface area contributed by atoms with Gasteiger partial charge in [-0.2, -0.15) is 0 Å². The molecule has 20 heavy (non-hydrogen) atoms. The molecule has 2 atom stereocenters. The van der Waals surface area contributed by atoms with Gasteiger partial charge in [0.05, 0.1) is 0 Å². The summed E-state index contributed by atoms with van der Waals surface area (Å²) in [5.74, 6) is 0. The predicted octanol–water partition coefficient (Wildman–Crippen LogP) is 1.64. The maximum Gasteiger partial charge on any atom is 0.501 e. The van der Waals surface area contributed by atoms with Gasteiger partial charge in [0.1, 0.15) is 6.10 Å². The van der Waals surface area contributed by atoms with Crippen LogP contribution in [0.1, 0.15) is 34.1 Å². The summed E-state index contributed by atoms with van der Waals surface area (Å²) >= 11 is 0. The second-order valence-electron chi connectivity index (χ2n) is 4.17. The highest BCUT2D eigenvalue weighted by atomic mass is 28.4. The molecule has 7 nitrogen and oxygen atoms in total. The van der Waals surface area contributed by atoms with Gasteiger partial charge in [-0.05, 0) is 34.1 Å². The van der Waals surface area contributed by atoms with Gasteiger partial charge in [-0.25, -0.2) is 10.1 Å². The Morgan fingerprint density at radius 3 is 1.85 bits per heavy atom. The van der Waals surface area contributed by atoms with E-state index in [-0.39, 0.29) is 0 Å². The van der Waals surface area contributed by atoms with E-state index in [1.165, 1.54) is 6.92 Å². The number of ether oxygens (including phenoxy) is 1. The second kappa shape index (κ2) is 11.6. The molecule has 0 spiro atoms. The van der Waals surface area contributed by atoms with Crippen molar-refractivity contribution in [2.24, 2.45) is 0 Å². The molecule has 0 aliphatic carbocycles. The number of aliphatic hydroxyl groups excluding tert-OH is 1. The zero-order valence-corrected chi connectivity index (χ0v) is 13.8. The molecule has 0 fully saturated rings. The van der Waals surface area contributed by atoms with Crippen molar-refractivity contribution in [3.05, 3.63) is 0 Å². The van der Waals surface area contributed by atoms with Crippen molar-refractivity contribution >= 4 is 8.80 Å². The summed E-state index contributed by atoms with van der Waals surface area (Å²) in [7, 11) is -2.65. The summed E-state index contributed by atoms with van der Waals surface area (Å²) in [6.45, 7) is 9.08. The summed E-state index contributed by atoms with van der Waals surface area (Å²) in [6.07, 6.45) is -1.33. The van der Waals surface area contributed by atoms with Gasteiger partial charge in [0.15, 0.2) is 0 Å². The summed E-state index contributed by atoms with van der Waals surface area (Å²) < 4.78 is 22.3. The average molecular weight is 312 g/mol. The van der Waals surface area contributed by atoms with Crippen molar-refractivity contribution in [3.8, 4) is 0 Å². The highest BCUT2D eigenvalue weighted by Crippen LogP contribution is 2.18. The molecule has 0 aromatic carbocycles. The largest absolute Gasteiger partial charge is 0.501 e. The zero-order valence-electron chi connectivity index (χ0n) is 12.8. The Bertz CT molecular complexity index is 211. The summed E-state index contributed by atoms with van der Waals surface area (Å²) in [4.78, 5) is 4.03. The Labute approximate surface area is 122 Å². The van der Waals surface area contributed by atoms with Crippen LogP contribution in [0.5, 0.6) is 0 Å². The molecule has 0 radical (unpaired) electrons. The summed E-state index contributed by atoms with van der Waals surface area (Å²) in [6, 6.07) is 0.612. The molecule has 0 heterocycles. The van der Waals surface area contributed by atoms with Gasteiger partial charge < -0.3 is 23.1 Å². The minimum Gasteiger partial charge on any atom is -0.388 e. The lowest BCUT2D eigenvalue weighted by Crippen LogP contribution is -2.46. The van der Waals surface area contributed by atoms with Crippen LogP contribution >= 0.6 is 0 Å². The molecule has 2 unspecified atom stereocenters. The first-order valence-corrected chi connectivity index (χ1v) is 9.00. The molecular formula is C12H28O7Si. The number of hydrogen-bond acceptors (Lipinski definition) is 7. The van der Waals surface area contributed by atoms with Crippen molar-refractivity contribution in [1.82, 2.24) is 0 Å². The van der Waals surface area contributed by atoms with Gasteiger partial charge in [-0.3, -0.25) is 0 Å². The minimum absolute atomic E-state index is 0.304. The zero-order chi connectivity index (χ0) is 15.4. The predicted molar refractivity (Wildman–Crippen MR) is 75.2 cm³/mol. The molecule has 0 saturated heterocycles. The van der Waals surface area contributed by atoms with E-state index < -0.39 is 21.2 Å². The lowest BCUT2D eigenvalue weighted by Gasteiger charge is -2.28. The van der Waals surface area contributed by atoms with Crippen LogP contribution in [0.4, 0.5) is 0 Å². The quantitative estimate of drug-likeness (QED) is 0.176. The van der Waals surface area contributed by atoms with Crippen LogP contribution in [0.3, 0.4) is 0 Å². The summed E-state index contributed by atoms with van der Waals surface area (Å²) in [5.41, 5.74) is 0. The molecule has 0 rings (SSSR count). The second-order valence-corrected chi connectivity index (χ2v) is 6.90. The van der Waals surface area contributed by atoms with Crippen molar-refractivity contribution in [2.75, 3.05) is 26.4 Å². The molecule has 0 aromatic heterocycles. The molecule has 2 N–H and O–H groups in total. The average Bonchev–Trinajstić information content (AvgIpc) is 2.39. The molecular weight excluding hydrogens is 284 g/mol. The van der Waals surface area contributed by atoms with Crippen LogP contribution in [0.2, 0.25) is 6.04 Å². The van der Waals surface area contributed by atoms with Crippen LogP contribution in [0, 0.1) is 0 Å². The first kappa shape index (κ1) is 19.9. The van der Waals surface area contributed by atoms with E-state index >= 15 is 0 Å². The van der Waals surface area contributed by atoms with Crippen LogP contribution in [0.25, 0.3) is 0 Å². The molecule has 0 saturated carbocycles. The molecule has 0 amide bonds. The number of aliphatic hydroxyl groups is 1. The maximum atomic E-state index is 9.25. The Morgan fingerprint density at radius 1 is 1.00 bits per heavy atom. The Morgan fingerprint density at radius 2 is 1.50 bits per heavy atom. The Kier molecular flexibility index (Phi) is 11.5. The standard InChI is InChI=1S/C12H28O7Si/c1-5-16-20(17-6-2,18-7-3)10-8-9-15-12(19-14)11(4)13/h11-14H,5-10H2,1-4H3. The van der Waals surface area contributed by atoms with E-state index in [1.54, 1.807) is 0 Å². The van der Waals surface area contributed by atoms with E-state index in [9.17, 15) is 5.11 Å². The minimum atomic E-state index is -2.65. The van der Waals surface area contributed by atoms with Crippen molar-refractivity contribution in [1.29, 1.82) is 0 Å². The van der Waals surface area contributed by atoms with Gasteiger partial charge in [-0.1, -0.05) is 0 Å². The third kappa shape index (κ3) is 7.65. The Hall–Kier alpha value is -0.0631. The lowest BCUT2D eigenvalue weighted by atomic mass is 10.4. The topological polar surface area (TPSA) is 86.6 Å². The third-order valence-electron chi connectivity index (χ3n) is 2.50. The molecule has 0 aromatic rings. The smallest absolute Gasteiger partial charge is 0.388 e. The number of rotatable bonds is 13. The van der Waals surface area contributed by atoms with Gasteiger partial charge in [0.25, 0.3) is 0 Å². The fourth-order valence-electron chi connectivity index (χ4n) is 1.75. The van der Waals surface area contributed by atoms with Gasteiger partial charge in [0, 0.05) is 32.5 Å². The number of hydrogen-bond donors (Lipinski definition) is 2. The van der Waals surface area contributed by atoms with Crippen LogP contribution in [-0.2, 0) is 22.9 Å². The molecule has 8 heteroatoms.